The Morgan fingerprint density at radius 3 is 2.23 bits per heavy atom. The van der Waals surface area contributed by atoms with Gasteiger partial charge in [-0.2, -0.15) is 12.6 Å². The number of ether oxygens (including phenoxy) is 2. The first kappa shape index (κ1) is 21.0. The quantitative estimate of drug-likeness (QED) is 0.388. The van der Waals surface area contributed by atoms with Gasteiger partial charge in [0.15, 0.2) is 0 Å². The maximum absolute atomic E-state index is 11.9. The molecule has 0 saturated carbocycles. The highest BCUT2D eigenvalue weighted by Crippen LogP contribution is 2.22. The second kappa shape index (κ2) is 9.89. The minimum absolute atomic E-state index is 0.0247. The lowest BCUT2D eigenvalue weighted by Gasteiger charge is -2.19. The predicted molar refractivity (Wildman–Crippen MR) is 87.0 cm³/mol. The maximum Gasteiger partial charge on any atom is 0.370 e. The number of thiol groups is 1. The van der Waals surface area contributed by atoms with Crippen molar-refractivity contribution in [2.24, 2.45) is 5.92 Å². The zero-order valence-corrected chi connectivity index (χ0v) is 14.9. The standard InChI is InChI=1S/C14H22O6S2/c1-5-12(17)19-8-20-13(18)22-7-10(9(2)15)6-11(16)14(3,4)21/h10,21H,5-8H2,1-4H3/t10-/m0/s1. The molecule has 0 spiro atoms. The molecule has 0 heterocycles. The van der Waals surface area contributed by atoms with Gasteiger partial charge >= 0.3 is 11.3 Å². The molecule has 0 aromatic carbocycles. The predicted octanol–water partition coefficient (Wildman–Crippen LogP) is 2.64. The monoisotopic (exact) mass is 350 g/mol. The van der Waals surface area contributed by atoms with E-state index in [9.17, 15) is 19.2 Å². The largest absolute Gasteiger partial charge is 0.428 e. The van der Waals surface area contributed by atoms with Crippen molar-refractivity contribution in [1.29, 1.82) is 0 Å². The molecule has 22 heavy (non-hydrogen) atoms. The Morgan fingerprint density at radius 1 is 1.18 bits per heavy atom. The fourth-order valence-electron chi connectivity index (χ4n) is 1.25. The van der Waals surface area contributed by atoms with Gasteiger partial charge in [-0.05, 0) is 32.5 Å². The van der Waals surface area contributed by atoms with Crippen LogP contribution < -0.4 is 0 Å². The topological polar surface area (TPSA) is 86.7 Å². The molecule has 1 atom stereocenters. The highest BCUT2D eigenvalue weighted by Gasteiger charge is 2.28. The Bertz CT molecular complexity index is 428. The summed E-state index contributed by atoms with van der Waals surface area (Å²) in [4.78, 5) is 45.8. The van der Waals surface area contributed by atoms with Gasteiger partial charge in [0.25, 0.3) is 0 Å². The maximum atomic E-state index is 11.9. The molecule has 0 saturated heterocycles. The first-order valence-corrected chi connectivity index (χ1v) is 8.22. The summed E-state index contributed by atoms with van der Waals surface area (Å²) in [5, 5.41) is -0.660. The Morgan fingerprint density at radius 2 is 1.77 bits per heavy atom. The molecule has 0 amide bonds. The molecule has 0 aliphatic heterocycles. The van der Waals surface area contributed by atoms with E-state index in [1.54, 1.807) is 20.8 Å². The number of rotatable bonds is 9. The van der Waals surface area contributed by atoms with E-state index in [4.69, 9.17) is 0 Å². The SMILES string of the molecule is CCC(=O)OCOC(=O)SC[C@H](CC(=O)C(C)(C)S)C(C)=O. The molecule has 0 aliphatic carbocycles. The Balaban J connectivity index is 4.25. The first-order chi connectivity index (χ1) is 10.1. The molecule has 0 rings (SSSR count). The van der Waals surface area contributed by atoms with Crippen LogP contribution in [0.4, 0.5) is 4.79 Å². The average Bonchev–Trinajstić information content (AvgIpc) is 2.41. The summed E-state index contributed by atoms with van der Waals surface area (Å²) in [7, 11) is 0. The number of hydrogen-bond donors (Lipinski definition) is 1. The van der Waals surface area contributed by atoms with Gasteiger partial charge in [-0.3, -0.25) is 14.4 Å². The number of thioether (sulfide) groups is 1. The third-order valence-corrected chi connectivity index (χ3v) is 3.95. The van der Waals surface area contributed by atoms with Gasteiger partial charge < -0.3 is 9.47 Å². The zero-order valence-electron chi connectivity index (χ0n) is 13.2. The van der Waals surface area contributed by atoms with Crippen molar-refractivity contribution in [3.05, 3.63) is 0 Å². The lowest BCUT2D eigenvalue weighted by Crippen LogP contribution is -2.30. The lowest BCUT2D eigenvalue weighted by molar-refractivity contribution is -0.150. The molecule has 0 aliphatic rings. The Labute approximate surface area is 140 Å². The van der Waals surface area contributed by atoms with E-state index in [1.807, 2.05) is 0 Å². The van der Waals surface area contributed by atoms with Crippen molar-refractivity contribution < 1.29 is 28.7 Å². The molecule has 6 nitrogen and oxygen atoms in total. The first-order valence-electron chi connectivity index (χ1n) is 6.79. The number of ketones is 2. The van der Waals surface area contributed by atoms with Crippen LogP contribution in [-0.2, 0) is 23.9 Å². The molecule has 0 radical (unpaired) electrons. The molecular formula is C14H22O6S2. The molecular weight excluding hydrogens is 328 g/mol. The van der Waals surface area contributed by atoms with Gasteiger partial charge in [-0.15, -0.1) is 0 Å². The van der Waals surface area contributed by atoms with Crippen molar-refractivity contribution in [3.8, 4) is 0 Å². The average molecular weight is 350 g/mol. The van der Waals surface area contributed by atoms with Crippen LogP contribution in [0.3, 0.4) is 0 Å². The van der Waals surface area contributed by atoms with Crippen LogP contribution in [0.25, 0.3) is 0 Å². The van der Waals surface area contributed by atoms with Gasteiger partial charge in [-0.25, -0.2) is 4.79 Å². The van der Waals surface area contributed by atoms with E-state index in [-0.39, 0.29) is 30.2 Å². The van der Waals surface area contributed by atoms with E-state index >= 15 is 0 Å². The van der Waals surface area contributed by atoms with Crippen LogP contribution in [0.5, 0.6) is 0 Å². The minimum atomic E-state index is -0.826. The van der Waals surface area contributed by atoms with E-state index in [1.165, 1.54) is 6.92 Å². The second-order valence-electron chi connectivity index (χ2n) is 5.19. The van der Waals surface area contributed by atoms with Crippen LogP contribution in [0.15, 0.2) is 0 Å². The molecule has 0 fully saturated rings. The number of carbonyl (C=O) groups is 4. The van der Waals surface area contributed by atoms with Crippen LogP contribution in [0.2, 0.25) is 0 Å². The van der Waals surface area contributed by atoms with Crippen LogP contribution in [0.1, 0.15) is 40.5 Å². The fourth-order valence-corrected chi connectivity index (χ4v) is 2.16. The van der Waals surface area contributed by atoms with Crippen molar-refractivity contribution in [2.75, 3.05) is 12.5 Å². The van der Waals surface area contributed by atoms with Crippen LogP contribution in [0, 0.1) is 5.92 Å². The van der Waals surface area contributed by atoms with Crippen molar-refractivity contribution in [3.63, 3.8) is 0 Å². The summed E-state index contributed by atoms with van der Waals surface area (Å²) in [5.41, 5.74) is 0. The van der Waals surface area contributed by atoms with Gasteiger partial charge in [-0.1, -0.05) is 6.92 Å². The number of Topliss-reactive ketones (excluding diaryl/α,β-unsaturated/α-hetero) is 2. The van der Waals surface area contributed by atoms with Gasteiger partial charge in [0.05, 0.1) is 4.75 Å². The number of carbonyl (C=O) groups excluding carboxylic acids is 4. The molecule has 0 unspecified atom stereocenters. The highest BCUT2D eigenvalue weighted by atomic mass is 32.2. The van der Waals surface area contributed by atoms with Crippen molar-refractivity contribution in [1.82, 2.24) is 0 Å². The van der Waals surface area contributed by atoms with Gasteiger partial charge in [0.2, 0.25) is 6.79 Å². The van der Waals surface area contributed by atoms with E-state index in [0.29, 0.717) is 0 Å². The number of esters is 1. The second-order valence-corrected chi connectivity index (χ2v) is 7.26. The summed E-state index contributed by atoms with van der Waals surface area (Å²) in [6.07, 6.45) is 0.218. The minimum Gasteiger partial charge on any atom is -0.428 e. The third kappa shape index (κ3) is 9.09. The van der Waals surface area contributed by atoms with Gasteiger partial charge in [0, 0.05) is 24.5 Å². The highest BCUT2D eigenvalue weighted by molar-refractivity contribution is 8.13. The molecule has 0 aromatic rings. The summed E-state index contributed by atoms with van der Waals surface area (Å²) in [6.45, 7) is 5.85. The van der Waals surface area contributed by atoms with Crippen molar-refractivity contribution in [2.45, 2.75) is 45.3 Å². The molecule has 0 aromatic heterocycles. The Hall–Kier alpha value is -1.02. The zero-order chi connectivity index (χ0) is 17.3. The van der Waals surface area contributed by atoms with E-state index in [0.717, 1.165) is 11.8 Å². The van der Waals surface area contributed by atoms with Crippen LogP contribution >= 0.6 is 24.4 Å². The smallest absolute Gasteiger partial charge is 0.370 e. The third-order valence-electron chi connectivity index (χ3n) is 2.78. The molecule has 0 N–H and O–H groups in total. The fraction of sp³-hybridized carbons (Fsp3) is 0.714. The lowest BCUT2D eigenvalue weighted by atomic mass is 9.94. The van der Waals surface area contributed by atoms with Crippen LogP contribution in [-0.4, -0.2) is 40.1 Å². The van der Waals surface area contributed by atoms with E-state index < -0.39 is 28.7 Å². The summed E-state index contributed by atoms with van der Waals surface area (Å²) < 4.78 is 8.46. The Kier molecular flexibility index (Phi) is 9.43. The molecule has 0 bridgehead atoms. The normalized spacial score (nSPS) is 12.4. The van der Waals surface area contributed by atoms with Gasteiger partial charge in [0.1, 0.15) is 11.6 Å². The van der Waals surface area contributed by atoms with E-state index in [2.05, 4.69) is 22.1 Å². The molecule has 8 heteroatoms. The summed E-state index contributed by atoms with van der Waals surface area (Å²) >= 11 is 4.94. The molecule has 126 valence electrons. The van der Waals surface area contributed by atoms with Crippen molar-refractivity contribution >= 4 is 47.2 Å². The summed E-state index contributed by atoms with van der Waals surface area (Å²) in [5.74, 6) is -1.26. The number of hydrogen-bond acceptors (Lipinski definition) is 8. The summed E-state index contributed by atoms with van der Waals surface area (Å²) in [6, 6.07) is 0.